The number of pyridine rings is 1. The molecule has 72 valence electrons. The Bertz CT molecular complexity index is 466. The number of nitrogens with zero attached hydrogens (tertiary/aromatic N) is 1. The molecule has 2 rings (SSSR count). The molecule has 0 amide bonds. The molecule has 0 saturated heterocycles. The van der Waals surface area contributed by atoms with Crippen LogP contribution in [0.2, 0.25) is 5.15 Å². The first-order valence-electron chi connectivity index (χ1n) is 4.00. The zero-order chi connectivity index (χ0) is 10.3. The van der Waals surface area contributed by atoms with Crippen LogP contribution >= 0.6 is 27.5 Å². The van der Waals surface area contributed by atoms with Gasteiger partial charge in [-0.1, -0.05) is 11.6 Å². The van der Waals surface area contributed by atoms with Crippen molar-refractivity contribution < 1.29 is 4.39 Å². The average molecular weight is 275 g/mol. The third kappa shape index (κ3) is 1.51. The summed E-state index contributed by atoms with van der Waals surface area (Å²) in [5, 5.41) is 0.894. The third-order valence-corrected chi connectivity index (χ3v) is 3.03. The quantitative estimate of drug-likeness (QED) is 0.659. The number of hydrogen-bond donors (Lipinski definition) is 0. The molecule has 0 unspecified atom stereocenters. The SMILES string of the molecule is Cc1cc2c(F)ccc(Br)c2nc1Cl. The lowest BCUT2D eigenvalue weighted by molar-refractivity contribution is 0.639. The fourth-order valence-electron chi connectivity index (χ4n) is 1.27. The lowest BCUT2D eigenvalue weighted by Gasteiger charge is -2.04. The van der Waals surface area contributed by atoms with Gasteiger partial charge in [-0.15, -0.1) is 0 Å². The fourth-order valence-corrected chi connectivity index (χ4v) is 1.84. The van der Waals surface area contributed by atoms with Crippen molar-refractivity contribution >= 4 is 38.4 Å². The summed E-state index contributed by atoms with van der Waals surface area (Å²) in [6, 6.07) is 4.72. The van der Waals surface area contributed by atoms with Crippen LogP contribution in [0.5, 0.6) is 0 Å². The first-order valence-corrected chi connectivity index (χ1v) is 5.17. The average Bonchev–Trinajstić information content (AvgIpc) is 2.15. The van der Waals surface area contributed by atoms with Gasteiger partial charge in [0.1, 0.15) is 11.0 Å². The Morgan fingerprint density at radius 3 is 2.86 bits per heavy atom. The van der Waals surface area contributed by atoms with Crippen molar-refractivity contribution in [3.05, 3.63) is 39.2 Å². The van der Waals surface area contributed by atoms with Gasteiger partial charge in [-0.25, -0.2) is 9.37 Å². The Morgan fingerprint density at radius 2 is 2.14 bits per heavy atom. The number of aryl methyl sites for hydroxylation is 1. The standard InChI is InChI=1S/C10H6BrClFN/c1-5-4-6-8(13)3-2-7(11)9(6)14-10(5)12/h2-4H,1H3. The molecule has 0 fully saturated rings. The lowest BCUT2D eigenvalue weighted by Crippen LogP contribution is -1.88. The van der Waals surface area contributed by atoms with E-state index in [4.69, 9.17) is 11.6 Å². The normalized spacial score (nSPS) is 10.9. The molecule has 0 radical (unpaired) electrons. The molecule has 0 atom stereocenters. The van der Waals surface area contributed by atoms with E-state index in [1.165, 1.54) is 6.07 Å². The van der Waals surface area contributed by atoms with Gasteiger partial charge in [-0.3, -0.25) is 0 Å². The minimum atomic E-state index is -0.282. The molecule has 1 heterocycles. The summed E-state index contributed by atoms with van der Waals surface area (Å²) >= 11 is 9.16. The van der Waals surface area contributed by atoms with Gasteiger partial charge in [0.25, 0.3) is 0 Å². The van der Waals surface area contributed by atoms with E-state index in [1.54, 1.807) is 19.1 Å². The van der Waals surface area contributed by atoms with Crippen LogP contribution in [0.25, 0.3) is 10.9 Å². The summed E-state index contributed by atoms with van der Waals surface area (Å²) in [5.74, 6) is -0.282. The maximum absolute atomic E-state index is 13.4. The number of aromatic nitrogens is 1. The Morgan fingerprint density at radius 1 is 1.43 bits per heavy atom. The van der Waals surface area contributed by atoms with Crippen LogP contribution in [0.15, 0.2) is 22.7 Å². The Hall–Kier alpha value is -0.670. The molecule has 1 aromatic heterocycles. The summed E-state index contributed by atoms with van der Waals surface area (Å²) < 4.78 is 14.1. The molecular formula is C10H6BrClFN. The first-order chi connectivity index (χ1) is 6.59. The van der Waals surface area contributed by atoms with Crippen molar-refractivity contribution in [1.82, 2.24) is 4.98 Å². The van der Waals surface area contributed by atoms with E-state index >= 15 is 0 Å². The molecule has 1 nitrogen and oxygen atoms in total. The number of rotatable bonds is 0. The molecule has 2 aromatic rings. The predicted molar refractivity (Wildman–Crippen MR) is 59.1 cm³/mol. The van der Waals surface area contributed by atoms with E-state index in [-0.39, 0.29) is 5.82 Å². The Labute approximate surface area is 94.0 Å². The van der Waals surface area contributed by atoms with E-state index in [1.807, 2.05) is 0 Å². The van der Waals surface area contributed by atoms with Crippen LogP contribution in [0.3, 0.4) is 0 Å². The van der Waals surface area contributed by atoms with Gasteiger partial charge in [0.05, 0.1) is 5.52 Å². The monoisotopic (exact) mass is 273 g/mol. The molecule has 0 spiro atoms. The van der Waals surface area contributed by atoms with Crippen LogP contribution in [-0.4, -0.2) is 4.98 Å². The van der Waals surface area contributed by atoms with E-state index in [2.05, 4.69) is 20.9 Å². The second kappa shape index (κ2) is 3.48. The maximum Gasteiger partial charge on any atom is 0.132 e. The largest absolute Gasteiger partial charge is 0.235 e. The molecule has 0 N–H and O–H groups in total. The van der Waals surface area contributed by atoms with Crippen molar-refractivity contribution in [2.24, 2.45) is 0 Å². The maximum atomic E-state index is 13.4. The van der Waals surface area contributed by atoms with Gasteiger partial charge in [-0.2, -0.15) is 0 Å². The van der Waals surface area contributed by atoms with Gasteiger partial charge in [-0.05, 0) is 46.6 Å². The number of fused-ring (bicyclic) bond motifs is 1. The highest BCUT2D eigenvalue weighted by Gasteiger charge is 2.08. The molecular weight excluding hydrogens is 268 g/mol. The van der Waals surface area contributed by atoms with Crippen molar-refractivity contribution in [2.75, 3.05) is 0 Å². The highest BCUT2D eigenvalue weighted by molar-refractivity contribution is 9.10. The minimum absolute atomic E-state index is 0.282. The predicted octanol–water partition coefficient (Wildman–Crippen LogP) is 4.10. The smallest absolute Gasteiger partial charge is 0.132 e. The molecule has 4 heteroatoms. The van der Waals surface area contributed by atoms with Crippen molar-refractivity contribution in [3.63, 3.8) is 0 Å². The highest BCUT2D eigenvalue weighted by Crippen LogP contribution is 2.27. The molecule has 1 aromatic carbocycles. The number of hydrogen-bond acceptors (Lipinski definition) is 1. The van der Waals surface area contributed by atoms with Crippen molar-refractivity contribution in [1.29, 1.82) is 0 Å². The van der Waals surface area contributed by atoms with Gasteiger partial charge in [0, 0.05) is 9.86 Å². The van der Waals surface area contributed by atoms with E-state index in [9.17, 15) is 4.39 Å². The highest BCUT2D eigenvalue weighted by atomic mass is 79.9. The van der Waals surface area contributed by atoms with Gasteiger partial charge in [0.15, 0.2) is 0 Å². The van der Waals surface area contributed by atoms with E-state index in [0.717, 1.165) is 10.0 Å². The van der Waals surface area contributed by atoms with Gasteiger partial charge < -0.3 is 0 Å². The molecule has 0 bridgehead atoms. The zero-order valence-electron chi connectivity index (χ0n) is 7.31. The summed E-state index contributed by atoms with van der Waals surface area (Å²) in [6.45, 7) is 1.80. The summed E-state index contributed by atoms with van der Waals surface area (Å²) in [6.07, 6.45) is 0. The Kier molecular flexibility index (Phi) is 2.45. The molecule has 0 aliphatic heterocycles. The first kappa shape index (κ1) is 9.87. The fraction of sp³-hybridized carbons (Fsp3) is 0.100. The molecule has 0 aliphatic rings. The molecule has 0 aliphatic carbocycles. The van der Waals surface area contributed by atoms with E-state index < -0.39 is 0 Å². The summed E-state index contributed by atoms with van der Waals surface area (Å²) in [5.41, 5.74) is 1.33. The van der Waals surface area contributed by atoms with Gasteiger partial charge in [0.2, 0.25) is 0 Å². The van der Waals surface area contributed by atoms with Crippen LogP contribution in [0.1, 0.15) is 5.56 Å². The minimum Gasteiger partial charge on any atom is -0.235 e. The third-order valence-electron chi connectivity index (χ3n) is 2.01. The van der Waals surface area contributed by atoms with Crippen molar-refractivity contribution in [2.45, 2.75) is 6.92 Å². The number of halogens is 3. The van der Waals surface area contributed by atoms with Crippen LogP contribution in [0.4, 0.5) is 4.39 Å². The Balaban J connectivity index is 2.94. The summed E-state index contributed by atoms with van der Waals surface area (Å²) in [7, 11) is 0. The lowest BCUT2D eigenvalue weighted by atomic mass is 10.1. The summed E-state index contributed by atoms with van der Waals surface area (Å²) in [4.78, 5) is 4.11. The second-order valence-electron chi connectivity index (χ2n) is 3.02. The van der Waals surface area contributed by atoms with E-state index in [0.29, 0.717) is 16.1 Å². The van der Waals surface area contributed by atoms with Gasteiger partial charge >= 0.3 is 0 Å². The molecule has 0 saturated carbocycles. The van der Waals surface area contributed by atoms with Crippen LogP contribution in [-0.2, 0) is 0 Å². The topological polar surface area (TPSA) is 12.9 Å². The van der Waals surface area contributed by atoms with Crippen LogP contribution < -0.4 is 0 Å². The van der Waals surface area contributed by atoms with Crippen LogP contribution in [0, 0.1) is 12.7 Å². The van der Waals surface area contributed by atoms with Crippen molar-refractivity contribution in [3.8, 4) is 0 Å². The second-order valence-corrected chi connectivity index (χ2v) is 4.23. The zero-order valence-corrected chi connectivity index (χ0v) is 9.66. The number of benzene rings is 1. The molecule has 14 heavy (non-hydrogen) atoms.